The number of hydrogen-bond acceptors (Lipinski definition) is 4. The maximum Gasteiger partial charge on any atom is 0.321 e. The van der Waals surface area contributed by atoms with Crippen LogP contribution in [-0.4, -0.2) is 61.0 Å². The zero-order valence-electron chi connectivity index (χ0n) is 14.4. The zero-order chi connectivity index (χ0) is 18.2. The standard InChI is InChI=1S/C17H24ClFN4O2/c1-2-6-20-17(25)21-16(24)12-23-9-7-22(8-10-23)11-13-14(18)4-3-5-15(13)19/h3-5H,2,6-12H2,1H3,(H2,20,21,24,25). The molecule has 0 unspecified atom stereocenters. The molecule has 1 aliphatic heterocycles. The van der Waals surface area contributed by atoms with E-state index in [9.17, 15) is 14.0 Å². The van der Waals surface area contributed by atoms with Crippen LogP contribution in [0.25, 0.3) is 0 Å². The molecule has 0 atom stereocenters. The molecule has 6 nitrogen and oxygen atoms in total. The number of rotatable bonds is 6. The molecule has 1 saturated heterocycles. The van der Waals surface area contributed by atoms with Crippen molar-refractivity contribution in [3.63, 3.8) is 0 Å². The number of halogens is 2. The van der Waals surface area contributed by atoms with Gasteiger partial charge in [0.15, 0.2) is 0 Å². The molecule has 2 N–H and O–H groups in total. The minimum absolute atomic E-state index is 0.174. The van der Waals surface area contributed by atoms with Crippen molar-refractivity contribution in [3.8, 4) is 0 Å². The molecule has 1 fully saturated rings. The highest BCUT2D eigenvalue weighted by Crippen LogP contribution is 2.21. The fourth-order valence-electron chi connectivity index (χ4n) is 2.66. The Morgan fingerprint density at radius 2 is 1.88 bits per heavy atom. The summed E-state index contributed by atoms with van der Waals surface area (Å²) >= 11 is 6.06. The first-order valence-corrected chi connectivity index (χ1v) is 8.82. The van der Waals surface area contributed by atoms with Crippen LogP contribution in [-0.2, 0) is 11.3 Å². The molecule has 138 valence electrons. The van der Waals surface area contributed by atoms with Crippen molar-refractivity contribution in [1.29, 1.82) is 0 Å². The van der Waals surface area contributed by atoms with Crippen molar-refractivity contribution < 1.29 is 14.0 Å². The highest BCUT2D eigenvalue weighted by molar-refractivity contribution is 6.31. The molecule has 2 rings (SSSR count). The summed E-state index contributed by atoms with van der Waals surface area (Å²) in [7, 11) is 0. The van der Waals surface area contributed by atoms with E-state index in [1.54, 1.807) is 12.1 Å². The van der Waals surface area contributed by atoms with Crippen LogP contribution in [0.1, 0.15) is 18.9 Å². The molecule has 3 amide bonds. The van der Waals surface area contributed by atoms with Crippen LogP contribution >= 0.6 is 11.6 Å². The molecular formula is C17H24ClFN4O2. The molecule has 1 aromatic rings. The van der Waals surface area contributed by atoms with Crippen LogP contribution in [0.3, 0.4) is 0 Å². The Morgan fingerprint density at radius 1 is 1.20 bits per heavy atom. The Hall–Kier alpha value is -1.70. The quantitative estimate of drug-likeness (QED) is 0.802. The molecule has 1 heterocycles. The highest BCUT2D eigenvalue weighted by Gasteiger charge is 2.21. The molecule has 0 bridgehead atoms. The molecule has 1 aliphatic rings. The third-order valence-corrected chi connectivity index (χ3v) is 4.42. The largest absolute Gasteiger partial charge is 0.338 e. The summed E-state index contributed by atoms with van der Waals surface area (Å²) in [6.07, 6.45) is 0.815. The van der Waals surface area contributed by atoms with Crippen molar-refractivity contribution in [2.75, 3.05) is 39.3 Å². The van der Waals surface area contributed by atoms with Crippen LogP contribution in [0.5, 0.6) is 0 Å². The number of amides is 3. The van der Waals surface area contributed by atoms with Gasteiger partial charge in [-0.05, 0) is 18.6 Å². The molecule has 0 aliphatic carbocycles. The zero-order valence-corrected chi connectivity index (χ0v) is 15.1. The number of carbonyl (C=O) groups is 2. The van der Waals surface area contributed by atoms with Gasteiger partial charge < -0.3 is 5.32 Å². The third-order valence-electron chi connectivity index (χ3n) is 4.06. The van der Waals surface area contributed by atoms with Crippen LogP contribution in [0.15, 0.2) is 18.2 Å². The van der Waals surface area contributed by atoms with Gasteiger partial charge >= 0.3 is 6.03 Å². The van der Waals surface area contributed by atoms with Gasteiger partial charge in [0, 0.05) is 49.9 Å². The number of hydrogen-bond donors (Lipinski definition) is 2. The molecule has 0 spiro atoms. The lowest BCUT2D eigenvalue weighted by Crippen LogP contribution is -2.50. The lowest BCUT2D eigenvalue weighted by Gasteiger charge is -2.34. The smallest absolute Gasteiger partial charge is 0.321 e. The summed E-state index contributed by atoms with van der Waals surface area (Å²) in [4.78, 5) is 27.4. The van der Waals surface area contributed by atoms with Gasteiger partial charge in [-0.1, -0.05) is 24.6 Å². The van der Waals surface area contributed by atoms with Crippen molar-refractivity contribution in [1.82, 2.24) is 20.4 Å². The normalized spacial score (nSPS) is 15.8. The Bertz CT molecular complexity index is 586. The first kappa shape index (κ1) is 19.6. The van der Waals surface area contributed by atoms with Crippen LogP contribution < -0.4 is 10.6 Å². The van der Waals surface area contributed by atoms with E-state index in [0.717, 1.165) is 6.42 Å². The summed E-state index contributed by atoms with van der Waals surface area (Å²) in [5.41, 5.74) is 0.503. The second kappa shape index (κ2) is 9.70. The Morgan fingerprint density at radius 3 is 2.52 bits per heavy atom. The van der Waals surface area contributed by atoms with Crippen LogP contribution in [0.4, 0.5) is 9.18 Å². The molecule has 0 radical (unpaired) electrons. The summed E-state index contributed by atoms with van der Waals surface area (Å²) in [5.74, 6) is -0.619. The van der Waals surface area contributed by atoms with Gasteiger partial charge in [-0.3, -0.25) is 19.9 Å². The number of nitrogens with one attached hydrogen (secondary N) is 2. The number of nitrogens with zero attached hydrogens (tertiary/aromatic N) is 2. The van der Waals surface area contributed by atoms with Gasteiger partial charge in [0.05, 0.1) is 6.54 Å². The predicted molar refractivity (Wildman–Crippen MR) is 95.0 cm³/mol. The van der Waals surface area contributed by atoms with Gasteiger partial charge in [-0.15, -0.1) is 0 Å². The fourth-order valence-corrected chi connectivity index (χ4v) is 2.89. The van der Waals surface area contributed by atoms with E-state index < -0.39 is 6.03 Å². The maximum atomic E-state index is 13.9. The van der Waals surface area contributed by atoms with Gasteiger partial charge in [-0.2, -0.15) is 0 Å². The monoisotopic (exact) mass is 370 g/mol. The number of benzene rings is 1. The molecule has 1 aromatic carbocycles. The minimum Gasteiger partial charge on any atom is -0.338 e. The predicted octanol–water partition coefficient (Wildman–Crippen LogP) is 1.83. The van der Waals surface area contributed by atoms with Gasteiger partial charge in [-0.25, -0.2) is 9.18 Å². The van der Waals surface area contributed by atoms with Gasteiger partial charge in [0.25, 0.3) is 0 Å². The maximum absolute atomic E-state index is 13.9. The second-order valence-corrected chi connectivity index (χ2v) is 6.46. The summed E-state index contributed by atoms with van der Waals surface area (Å²) in [5, 5.41) is 5.35. The lowest BCUT2D eigenvalue weighted by atomic mass is 10.2. The van der Waals surface area contributed by atoms with E-state index in [0.29, 0.717) is 49.9 Å². The molecule has 8 heteroatoms. The van der Waals surface area contributed by atoms with E-state index in [1.165, 1.54) is 6.07 Å². The highest BCUT2D eigenvalue weighted by atomic mass is 35.5. The Labute approximate surface area is 152 Å². The van der Waals surface area contributed by atoms with Crippen molar-refractivity contribution in [3.05, 3.63) is 34.6 Å². The number of urea groups is 1. The Kier molecular flexibility index (Phi) is 7.61. The number of piperazine rings is 1. The average Bonchev–Trinajstić information content (AvgIpc) is 2.58. The van der Waals surface area contributed by atoms with E-state index in [4.69, 9.17) is 11.6 Å². The summed E-state index contributed by atoms with van der Waals surface area (Å²) < 4.78 is 13.9. The van der Waals surface area contributed by atoms with Gasteiger partial charge in [0.2, 0.25) is 5.91 Å². The Balaban J connectivity index is 1.74. The number of imide groups is 1. The SMILES string of the molecule is CCCNC(=O)NC(=O)CN1CCN(Cc2c(F)cccc2Cl)CC1. The fraction of sp³-hybridized carbons (Fsp3) is 0.529. The second-order valence-electron chi connectivity index (χ2n) is 6.06. The van der Waals surface area contributed by atoms with Crippen LogP contribution in [0, 0.1) is 5.82 Å². The topological polar surface area (TPSA) is 64.7 Å². The van der Waals surface area contributed by atoms with Crippen molar-refractivity contribution >= 4 is 23.5 Å². The third kappa shape index (κ3) is 6.26. The van der Waals surface area contributed by atoms with Crippen molar-refractivity contribution in [2.45, 2.75) is 19.9 Å². The minimum atomic E-state index is -0.459. The van der Waals surface area contributed by atoms with Crippen molar-refractivity contribution in [2.24, 2.45) is 0 Å². The molecule has 0 saturated carbocycles. The van der Waals surface area contributed by atoms with E-state index in [2.05, 4.69) is 15.5 Å². The first-order chi connectivity index (χ1) is 12.0. The number of carbonyl (C=O) groups excluding carboxylic acids is 2. The molecule has 25 heavy (non-hydrogen) atoms. The average molecular weight is 371 g/mol. The summed E-state index contributed by atoms with van der Waals surface area (Å²) in [6.45, 7) is 5.87. The molecule has 0 aromatic heterocycles. The van der Waals surface area contributed by atoms with Gasteiger partial charge in [0.1, 0.15) is 5.82 Å². The van der Waals surface area contributed by atoms with E-state index in [-0.39, 0.29) is 18.3 Å². The van der Waals surface area contributed by atoms with E-state index in [1.807, 2.05) is 11.8 Å². The van der Waals surface area contributed by atoms with E-state index >= 15 is 0 Å². The molecular weight excluding hydrogens is 347 g/mol. The summed E-state index contributed by atoms with van der Waals surface area (Å²) in [6, 6.07) is 4.23. The lowest BCUT2D eigenvalue weighted by molar-refractivity contribution is -0.121. The van der Waals surface area contributed by atoms with Crippen LogP contribution in [0.2, 0.25) is 5.02 Å². The first-order valence-electron chi connectivity index (χ1n) is 8.45.